The van der Waals surface area contributed by atoms with E-state index in [2.05, 4.69) is 13.2 Å². The fourth-order valence-electron chi connectivity index (χ4n) is 5.43. The van der Waals surface area contributed by atoms with Gasteiger partial charge in [-0.2, -0.15) is 0 Å². The predicted octanol–water partition coefficient (Wildman–Crippen LogP) is 7.35. The molecule has 0 bridgehead atoms. The maximum atomic E-state index is 13.7. The van der Waals surface area contributed by atoms with Gasteiger partial charge >= 0.3 is 5.97 Å². The molecule has 1 atom stereocenters. The van der Waals surface area contributed by atoms with E-state index in [4.69, 9.17) is 16.1 Å². The Morgan fingerprint density at radius 2 is 1.55 bits per heavy atom. The second-order valence-electron chi connectivity index (χ2n) is 10.6. The number of hydrogen-bond donors (Lipinski definition) is 1. The van der Waals surface area contributed by atoms with Crippen LogP contribution in [0.2, 0.25) is 5.02 Å². The molecule has 0 saturated heterocycles. The van der Waals surface area contributed by atoms with Crippen LogP contribution in [0.4, 0.5) is 0 Å². The highest BCUT2D eigenvalue weighted by Crippen LogP contribution is 2.52. The van der Waals surface area contributed by atoms with Crippen LogP contribution in [-0.4, -0.2) is 26.2 Å². The molecule has 2 aliphatic rings. The molecule has 1 aromatic heterocycles. The minimum absolute atomic E-state index is 0.157. The zero-order valence-electron chi connectivity index (χ0n) is 20.7. The number of nitrogens with zero attached hydrogens (tertiary/aromatic N) is 1. The van der Waals surface area contributed by atoms with Crippen LogP contribution in [-0.2, 0) is 30.5 Å². The third kappa shape index (κ3) is 4.70. The van der Waals surface area contributed by atoms with E-state index >= 15 is 0 Å². The number of benzene rings is 3. The summed E-state index contributed by atoms with van der Waals surface area (Å²) in [5.74, 6) is 0.672. The molecule has 38 heavy (non-hydrogen) atoms. The van der Waals surface area contributed by atoms with Gasteiger partial charge in [-0.1, -0.05) is 91.5 Å². The van der Waals surface area contributed by atoms with E-state index in [0.717, 1.165) is 51.2 Å². The number of carbonyl (C=O) groups is 1. The van der Waals surface area contributed by atoms with Crippen molar-refractivity contribution in [2.45, 2.75) is 42.3 Å². The molecule has 2 fully saturated rings. The predicted molar refractivity (Wildman–Crippen MR) is 153 cm³/mol. The zero-order chi connectivity index (χ0) is 26.5. The monoisotopic (exact) mass is 563 g/mol. The van der Waals surface area contributed by atoms with Crippen molar-refractivity contribution < 1.29 is 18.6 Å². The van der Waals surface area contributed by atoms with Crippen molar-refractivity contribution in [2.24, 2.45) is 0 Å². The minimum atomic E-state index is -2.41. The minimum Gasteiger partial charge on any atom is -0.481 e. The Hall–Kier alpha value is -2.92. The normalized spacial score (nSPS) is 18.4. The summed E-state index contributed by atoms with van der Waals surface area (Å²) in [5, 5.41) is 14.3. The molecular formula is C30H27ClNO4PS. The molecule has 0 aliphatic heterocycles. The lowest BCUT2D eigenvalue weighted by Gasteiger charge is -2.19. The molecule has 2 saturated carbocycles. The lowest BCUT2D eigenvalue weighted by molar-refractivity contribution is -0.140. The number of halogens is 1. The summed E-state index contributed by atoms with van der Waals surface area (Å²) in [4.78, 5) is 11.6. The maximum Gasteiger partial charge on any atom is 0.314 e. The number of hydrogen-bond acceptors (Lipinski definition) is 4. The van der Waals surface area contributed by atoms with Crippen LogP contribution >= 0.6 is 19.6 Å². The molecule has 4 aromatic rings. The second kappa shape index (κ2) is 9.37. The largest absolute Gasteiger partial charge is 0.481 e. The second-order valence-corrected chi connectivity index (χ2v) is 15.4. The fraction of sp³-hybridized carbons (Fsp3) is 0.267. The lowest BCUT2D eigenvalue weighted by atomic mass is 9.93. The van der Waals surface area contributed by atoms with Crippen molar-refractivity contribution in [3.63, 3.8) is 0 Å². The van der Waals surface area contributed by atoms with Crippen LogP contribution in [0, 0.1) is 0 Å². The summed E-state index contributed by atoms with van der Waals surface area (Å²) in [6.07, 6.45) is 4.96. The number of aromatic nitrogens is 1. The smallest absolute Gasteiger partial charge is 0.314 e. The summed E-state index contributed by atoms with van der Waals surface area (Å²) >= 11 is 6.47. The van der Waals surface area contributed by atoms with Crippen molar-refractivity contribution in [3.8, 4) is 22.5 Å². The first-order valence-corrected chi connectivity index (χ1v) is 16.1. The number of aliphatic carboxylic acids is 1. The molecule has 8 heteroatoms. The first-order valence-electron chi connectivity index (χ1n) is 12.6. The Labute approximate surface area is 229 Å². The van der Waals surface area contributed by atoms with Crippen molar-refractivity contribution >= 4 is 34.7 Å². The van der Waals surface area contributed by atoms with Gasteiger partial charge in [-0.15, -0.1) is 0 Å². The summed E-state index contributed by atoms with van der Waals surface area (Å²) < 4.78 is 19.3. The summed E-state index contributed by atoms with van der Waals surface area (Å²) in [6, 6.07) is 23.5. The molecule has 1 N–H and O–H groups in total. The molecule has 1 heterocycles. The number of carboxylic acids is 1. The first-order chi connectivity index (χ1) is 18.2. The van der Waals surface area contributed by atoms with Gasteiger partial charge < -0.3 is 9.63 Å². The van der Waals surface area contributed by atoms with Gasteiger partial charge in [0.1, 0.15) is 0 Å². The fourth-order valence-corrected chi connectivity index (χ4v) is 9.21. The standard InChI is InChI=1S/C30H27ClNO4PS/c31-26-4-2-1-3-25(26)29(13-14-29)19-38(35,37)18-23-17-32-36-27(23)22-7-5-20(6-8-22)21-9-11-24(12-10-21)30(15-16-30)28(33)34/h1-12,17,37H,13-16,18-19H2,(H,33,34). The van der Waals surface area contributed by atoms with Gasteiger partial charge in [-0.3, -0.25) is 9.00 Å². The van der Waals surface area contributed by atoms with Gasteiger partial charge in [-0.25, -0.2) is 0 Å². The number of rotatable bonds is 9. The Kier molecular flexibility index (Phi) is 6.26. The van der Waals surface area contributed by atoms with E-state index in [1.807, 2.05) is 72.8 Å². The van der Waals surface area contributed by atoms with Crippen molar-refractivity contribution in [1.82, 2.24) is 5.16 Å². The van der Waals surface area contributed by atoms with Crippen LogP contribution in [0.3, 0.4) is 0 Å². The first kappa shape index (κ1) is 25.4. The van der Waals surface area contributed by atoms with Gasteiger partial charge in [0.05, 0.1) is 17.4 Å². The highest BCUT2D eigenvalue weighted by Gasteiger charge is 2.51. The molecule has 0 spiro atoms. The molecule has 6 rings (SSSR count). The van der Waals surface area contributed by atoms with Crippen molar-refractivity contribution in [2.75, 3.05) is 5.75 Å². The average molecular weight is 564 g/mol. The molecule has 2 aliphatic carbocycles. The highest BCUT2D eigenvalue weighted by molar-refractivity contribution is 8.20. The zero-order valence-corrected chi connectivity index (χ0v) is 23.2. The lowest BCUT2D eigenvalue weighted by Crippen LogP contribution is -2.20. The topological polar surface area (TPSA) is 80.4 Å². The number of carboxylic acid groups (broad SMARTS) is 1. The molecule has 1 unspecified atom stereocenters. The molecule has 194 valence electrons. The summed E-state index contributed by atoms with van der Waals surface area (Å²) in [6.45, 7) is 0. The average Bonchev–Trinajstić information content (AvgIpc) is 3.82. The van der Waals surface area contributed by atoms with Crippen molar-refractivity contribution in [1.29, 1.82) is 0 Å². The van der Waals surface area contributed by atoms with Crippen LogP contribution in [0.25, 0.3) is 22.5 Å². The molecule has 5 nitrogen and oxygen atoms in total. The van der Waals surface area contributed by atoms with E-state index in [1.54, 1.807) is 6.20 Å². The van der Waals surface area contributed by atoms with Gasteiger partial charge in [-0.05, 0) is 63.1 Å². The van der Waals surface area contributed by atoms with Gasteiger partial charge in [0, 0.05) is 27.3 Å². The molecule has 0 amide bonds. The van der Waals surface area contributed by atoms with E-state index in [-0.39, 0.29) is 5.41 Å². The quantitative estimate of drug-likeness (QED) is 0.215. The Balaban J connectivity index is 1.19. The van der Waals surface area contributed by atoms with E-state index < -0.39 is 20.5 Å². The summed E-state index contributed by atoms with van der Waals surface area (Å²) in [7, 11) is 1.22. The van der Waals surface area contributed by atoms with E-state index in [9.17, 15) is 14.1 Å². The van der Waals surface area contributed by atoms with Gasteiger partial charge in [0.2, 0.25) is 0 Å². The van der Waals surface area contributed by atoms with Crippen LogP contribution < -0.4 is 0 Å². The Morgan fingerprint density at radius 3 is 2.13 bits per heavy atom. The Bertz CT molecular complexity index is 1620. The Morgan fingerprint density at radius 1 is 0.947 bits per heavy atom. The van der Waals surface area contributed by atoms with Crippen LogP contribution in [0.5, 0.6) is 0 Å². The molecule has 3 aromatic carbocycles. The highest BCUT2D eigenvalue weighted by atomic mass is 35.5. The van der Waals surface area contributed by atoms with Crippen LogP contribution in [0.1, 0.15) is 42.4 Å². The van der Waals surface area contributed by atoms with Gasteiger partial charge in [0.15, 0.2) is 5.76 Å². The van der Waals surface area contributed by atoms with Crippen molar-refractivity contribution in [3.05, 3.63) is 101 Å². The summed E-state index contributed by atoms with van der Waals surface area (Å²) in [5.41, 5.74) is 4.74. The molecule has 0 radical (unpaired) electrons. The van der Waals surface area contributed by atoms with Crippen LogP contribution in [0.15, 0.2) is 83.5 Å². The maximum absolute atomic E-state index is 13.7. The van der Waals surface area contributed by atoms with E-state index in [0.29, 0.717) is 30.1 Å². The SMILES string of the molecule is O=C(O)C1(c2ccc(-c3ccc(-c4oncc4CS(=O)(=P)CC4(c5ccccc5Cl)CC4)cc3)cc2)CC1. The third-order valence-electron chi connectivity index (χ3n) is 7.92. The van der Waals surface area contributed by atoms with E-state index in [1.165, 1.54) is 0 Å². The molecular weight excluding hydrogens is 537 g/mol. The third-order valence-corrected chi connectivity index (χ3v) is 10.9. The van der Waals surface area contributed by atoms with Gasteiger partial charge in [0.25, 0.3) is 0 Å².